The van der Waals surface area contributed by atoms with E-state index in [0.717, 1.165) is 12.2 Å². The van der Waals surface area contributed by atoms with Crippen molar-refractivity contribution in [3.8, 4) is 24.3 Å². The lowest BCUT2D eigenvalue weighted by atomic mass is 10.00. The largest absolute Gasteiger partial charge is 0.193 e. The van der Waals surface area contributed by atoms with Gasteiger partial charge in [0.2, 0.25) is 0 Å². The summed E-state index contributed by atoms with van der Waals surface area (Å²) < 4.78 is 0. The normalized spacial score (nSPS) is 10.7. The van der Waals surface area contributed by atoms with Crippen LogP contribution in [-0.4, -0.2) is 0 Å². The van der Waals surface area contributed by atoms with Crippen molar-refractivity contribution in [3.05, 3.63) is 47.5 Å². The van der Waals surface area contributed by atoms with Gasteiger partial charge in [-0.05, 0) is 17.2 Å². The minimum atomic E-state index is 0.216. The Morgan fingerprint density at radius 2 is 1.28 bits per heavy atom. The molecule has 18 heavy (non-hydrogen) atoms. The molecule has 0 heterocycles. The fourth-order valence-corrected chi connectivity index (χ4v) is 1.34. The summed E-state index contributed by atoms with van der Waals surface area (Å²) in [6.45, 7) is 0. The molecule has 4 heteroatoms. The molecule has 0 saturated carbocycles. The molecule has 0 aliphatic rings. The molecular weight excluding hydrogens is 224 g/mol. The Kier molecular flexibility index (Phi) is 4.45. The first-order valence-electron chi connectivity index (χ1n) is 4.87. The summed E-state index contributed by atoms with van der Waals surface area (Å²) in [4.78, 5) is 0. The van der Waals surface area contributed by atoms with Gasteiger partial charge in [-0.15, -0.1) is 0 Å². The average molecular weight is 230 g/mol. The van der Waals surface area contributed by atoms with Crippen LogP contribution in [0.5, 0.6) is 0 Å². The lowest BCUT2D eigenvalue weighted by molar-refractivity contribution is 1.48. The Hall–Kier alpha value is -3.34. The Balaban J connectivity index is 3.34. The standard InChI is InChI=1S/C14H6N4/c15-6-4-13(9-17)11-2-1-3-12(8-11)14(10-18)5-7-16/h1-5,8H. The maximum absolute atomic E-state index is 8.90. The fourth-order valence-electron chi connectivity index (χ4n) is 1.34. The topological polar surface area (TPSA) is 95.2 Å². The van der Waals surface area contributed by atoms with Crippen molar-refractivity contribution >= 4 is 11.1 Å². The SMILES string of the molecule is N#CC=C(C#N)c1cccc(C(C#N)=CC#N)c1. The molecule has 0 radical (unpaired) electrons. The van der Waals surface area contributed by atoms with Gasteiger partial charge in [0.15, 0.2) is 0 Å². The number of allylic oxidation sites excluding steroid dienone is 4. The van der Waals surface area contributed by atoms with Gasteiger partial charge in [0.05, 0.1) is 23.3 Å². The average Bonchev–Trinajstić information content (AvgIpc) is 2.42. The Morgan fingerprint density at radius 3 is 1.61 bits per heavy atom. The van der Waals surface area contributed by atoms with Crippen molar-refractivity contribution in [3.63, 3.8) is 0 Å². The van der Waals surface area contributed by atoms with Crippen molar-refractivity contribution in [2.45, 2.75) is 0 Å². The van der Waals surface area contributed by atoms with Gasteiger partial charge in [0.25, 0.3) is 0 Å². The lowest BCUT2D eigenvalue weighted by Gasteiger charge is -2.01. The van der Waals surface area contributed by atoms with Gasteiger partial charge < -0.3 is 0 Å². The van der Waals surface area contributed by atoms with Crippen molar-refractivity contribution < 1.29 is 0 Å². The second kappa shape index (κ2) is 6.29. The second-order valence-corrected chi connectivity index (χ2v) is 3.18. The van der Waals surface area contributed by atoms with Gasteiger partial charge in [-0.25, -0.2) is 0 Å². The highest BCUT2D eigenvalue weighted by Gasteiger charge is 2.05. The van der Waals surface area contributed by atoms with Gasteiger partial charge in [-0.2, -0.15) is 21.0 Å². The minimum Gasteiger partial charge on any atom is -0.193 e. The zero-order chi connectivity index (χ0) is 13.4. The molecule has 0 aliphatic heterocycles. The van der Waals surface area contributed by atoms with Crippen LogP contribution in [0.2, 0.25) is 0 Å². The summed E-state index contributed by atoms with van der Waals surface area (Å²) in [6.07, 6.45) is 2.28. The van der Waals surface area contributed by atoms with Gasteiger partial charge in [0, 0.05) is 12.2 Å². The number of nitriles is 4. The third-order valence-corrected chi connectivity index (χ3v) is 2.14. The van der Waals surface area contributed by atoms with Gasteiger partial charge in [-0.3, -0.25) is 0 Å². The van der Waals surface area contributed by atoms with Crippen LogP contribution in [0.4, 0.5) is 0 Å². The predicted molar refractivity (Wildman–Crippen MR) is 64.8 cm³/mol. The number of benzene rings is 1. The lowest BCUT2D eigenvalue weighted by Crippen LogP contribution is -1.86. The molecule has 1 aromatic carbocycles. The van der Waals surface area contributed by atoms with E-state index in [0.29, 0.717) is 11.1 Å². The second-order valence-electron chi connectivity index (χ2n) is 3.18. The summed E-state index contributed by atoms with van der Waals surface area (Å²) in [5.41, 5.74) is 1.51. The molecule has 0 atom stereocenters. The number of rotatable bonds is 2. The molecule has 0 amide bonds. The molecule has 0 aromatic heterocycles. The van der Waals surface area contributed by atoms with Crippen molar-refractivity contribution in [2.24, 2.45) is 0 Å². The third-order valence-electron chi connectivity index (χ3n) is 2.14. The van der Waals surface area contributed by atoms with Crippen LogP contribution in [0, 0.1) is 45.3 Å². The van der Waals surface area contributed by atoms with Gasteiger partial charge >= 0.3 is 0 Å². The highest BCUT2D eigenvalue weighted by molar-refractivity contribution is 5.83. The minimum absolute atomic E-state index is 0.216. The summed E-state index contributed by atoms with van der Waals surface area (Å²) in [6, 6.07) is 14.0. The van der Waals surface area contributed by atoms with Crippen LogP contribution in [0.3, 0.4) is 0 Å². The van der Waals surface area contributed by atoms with Crippen molar-refractivity contribution in [1.29, 1.82) is 21.0 Å². The molecule has 0 unspecified atom stereocenters. The molecule has 0 N–H and O–H groups in total. The Morgan fingerprint density at radius 1 is 0.833 bits per heavy atom. The molecule has 1 rings (SSSR count). The van der Waals surface area contributed by atoms with Crippen LogP contribution in [0.1, 0.15) is 11.1 Å². The Bertz CT molecular complexity index is 625. The highest BCUT2D eigenvalue weighted by atomic mass is 14.3. The number of hydrogen-bond acceptors (Lipinski definition) is 4. The van der Waals surface area contributed by atoms with E-state index in [2.05, 4.69) is 0 Å². The van der Waals surface area contributed by atoms with E-state index in [9.17, 15) is 0 Å². The predicted octanol–water partition coefficient (Wildman–Crippen LogP) is 2.55. The number of nitrogens with zero attached hydrogens (tertiary/aromatic N) is 4. The van der Waals surface area contributed by atoms with Gasteiger partial charge in [0.1, 0.15) is 12.1 Å². The van der Waals surface area contributed by atoms with E-state index >= 15 is 0 Å². The summed E-state index contributed by atoms with van der Waals surface area (Å²) in [7, 11) is 0. The molecule has 0 aliphatic carbocycles. The summed E-state index contributed by atoms with van der Waals surface area (Å²) in [5.74, 6) is 0. The molecule has 1 aromatic rings. The van der Waals surface area contributed by atoms with Crippen molar-refractivity contribution in [2.75, 3.05) is 0 Å². The molecule has 4 nitrogen and oxygen atoms in total. The van der Waals surface area contributed by atoms with E-state index in [4.69, 9.17) is 21.0 Å². The van der Waals surface area contributed by atoms with E-state index in [1.54, 1.807) is 36.4 Å². The van der Waals surface area contributed by atoms with Crippen LogP contribution >= 0.6 is 0 Å². The summed E-state index contributed by atoms with van der Waals surface area (Å²) in [5, 5.41) is 34.9. The van der Waals surface area contributed by atoms with E-state index in [-0.39, 0.29) is 11.1 Å². The van der Waals surface area contributed by atoms with Crippen LogP contribution in [0.25, 0.3) is 11.1 Å². The molecule has 0 saturated heterocycles. The third kappa shape index (κ3) is 2.83. The maximum Gasteiger partial charge on any atom is 0.101 e. The fraction of sp³-hybridized carbons (Fsp3) is 0. The van der Waals surface area contributed by atoms with E-state index in [1.807, 2.05) is 12.1 Å². The van der Waals surface area contributed by atoms with E-state index in [1.165, 1.54) is 0 Å². The molecule has 0 spiro atoms. The maximum atomic E-state index is 8.90. The van der Waals surface area contributed by atoms with Crippen LogP contribution in [-0.2, 0) is 0 Å². The van der Waals surface area contributed by atoms with Crippen LogP contribution < -0.4 is 0 Å². The first-order chi connectivity index (χ1) is 8.76. The van der Waals surface area contributed by atoms with Crippen LogP contribution in [0.15, 0.2) is 36.4 Å². The monoisotopic (exact) mass is 230 g/mol. The number of hydrogen-bond donors (Lipinski definition) is 0. The Labute approximate surface area is 105 Å². The van der Waals surface area contributed by atoms with Crippen molar-refractivity contribution in [1.82, 2.24) is 0 Å². The first-order valence-corrected chi connectivity index (χ1v) is 4.87. The molecule has 82 valence electrons. The zero-order valence-electron chi connectivity index (χ0n) is 9.25. The molecule has 0 bridgehead atoms. The quantitative estimate of drug-likeness (QED) is 0.729. The van der Waals surface area contributed by atoms with E-state index < -0.39 is 0 Å². The smallest absolute Gasteiger partial charge is 0.101 e. The van der Waals surface area contributed by atoms with Gasteiger partial charge in [-0.1, -0.05) is 18.2 Å². The first kappa shape index (κ1) is 12.7. The summed E-state index contributed by atoms with van der Waals surface area (Å²) >= 11 is 0. The highest BCUT2D eigenvalue weighted by Crippen LogP contribution is 2.20. The molecular formula is C14H6N4. The zero-order valence-corrected chi connectivity index (χ0v) is 9.25. The molecule has 0 fully saturated rings.